The summed E-state index contributed by atoms with van der Waals surface area (Å²) in [5.74, 6) is 0.765. The molecule has 1 aliphatic heterocycles. The lowest BCUT2D eigenvalue weighted by atomic mass is 9.98. The molecule has 0 fully saturated rings. The zero-order valence-electron chi connectivity index (χ0n) is 11.0. The van der Waals surface area contributed by atoms with E-state index in [-0.39, 0.29) is 0 Å². The molecule has 0 saturated heterocycles. The summed E-state index contributed by atoms with van der Waals surface area (Å²) in [6.45, 7) is 7.97. The van der Waals surface area contributed by atoms with Crippen molar-refractivity contribution in [3.05, 3.63) is 21.9 Å². The molecule has 0 aliphatic carbocycles. The van der Waals surface area contributed by atoms with Gasteiger partial charge in [-0.2, -0.15) is 0 Å². The fraction of sp³-hybridized carbons (Fsp3) is 0.714. The van der Waals surface area contributed by atoms with Gasteiger partial charge in [0, 0.05) is 24.0 Å². The first-order valence-electron chi connectivity index (χ1n) is 6.72. The highest BCUT2D eigenvalue weighted by Gasteiger charge is 2.25. The van der Waals surface area contributed by atoms with Gasteiger partial charge < -0.3 is 5.73 Å². The van der Waals surface area contributed by atoms with Crippen LogP contribution in [0.25, 0.3) is 0 Å². The standard InChI is InChI=1S/C14H24N2S/c1-11(4-3-7-15)10-16-8-5-14-13(12(16)2)6-9-17-14/h6,9,11-12H,3-5,7-8,10,15H2,1-2H3. The average molecular weight is 252 g/mol. The Morgan fingerprint density at radius 2 is 2.41 bits per heavy atom. The zero-order chi connectivity index (χ0) is 12.3. The lowest BCUT2D eigenvalue weighted by Crippen LogP contribution is -2.36. The highest BCUT2D eigenvalue weighted by molar-refractivity contribution is 7.10. The fourth-order valence-electron chi connectivity index (χ4n) is 2.77. The van der Waals surface area contributed by atoms with E-state index in [1.165, 1.54) is 25.9 Å². The summed E-state index contributed by atoms with van der Waals surface area (Å²) in [6.07, 6.45) is 3.66. The molecule has 0 amide bonds. The van der Waals surface area contributed by atoms with Crippen LogP contribution < -0.4 is 5.73 Å². The first-order valence-corrected chi connectivity index (χ1v) is 7.60. The molecule has 0 bridgehead atoms. The molecule has 2 atom stereocenters. The maximum absolute atomic E-state index is 5.57. The number of fused-ring (bicyclic) bond motifs is 1. The van der Waals surface area contributed by atoms with Crippen LogP contribution in [0.5, 0.6) is 0 Å². The van der Waals surface area contributed by atoms with E-state index in [1.54, 1.807) is 10.4 Å². The van der Waals surface area contributed by atoms with Gasteiger partial charge in [-0.05, 0) is 55.7 Å². The molecule has 1 aromatic rings. The summed E-state index contributed by atoms with van der Waals surface area (Å²) in [4.78, 5) is 4.24. The molecule has 2 heterocycles. The van der Waals surface area contributed by atoms with E-state index in [1.807, 2.05) is 11.3 Å². The van der Waals surface area contributed by atoms with Crippen LogP contribution in [0.2, 0.25) is 0 Å². The summed E-state index contributed by atoms with van der Waals surface area (Å²) < 4.78 is 0. The number of nitrogens with zero attached hydrogens (tertiary/aromatic N) is 1. The van der Waals surface area contributed by atoms with Crippen molar-refractivity contribution in [2.24, 2.45) is 11.7 Å². The van der Waals surface area contributed by atoms with Crippen LogP contribution in [-0.4, -0.2) is 24.5 Å². The van der Waals surface area contributed by atoms with Crippen molar-refractivity contribution in [1.82, 2.24) is 4.90 Å². The second kappa shape index (κ2) is 5.98. The average Bonchev–Trinajstić information content (AvgIpc) is 2.79. The van der Waals surface area contributed by atoms with Crippen LogP contribution >= 0.6 is 11.3 Å². The number of hydrogen-bond donors (Lipinski definition) is 1. The molecule has 17 heavy (non-hydrogen) atoms. The molecule has 96 valence electrons. The minimum atomic E-state index is 0.602. The topological polar surface area (TPSA) is 29.3 Å². The summed E-state index contributed by atoms with van der Waals surface area (Å²) in [5, 5.41) is 2.24. The van der Waals surface area contributed by atoms with Gasteiger partial charge in [-0.1, -0.05) is 6.92 Å². The van der Waals surface area contributed by atoms with Crippen LogP contribution in [0.1, 0.15) is 43.2 Å². The minimum absolute atomic E-state index is 0.602. The van der Waals surface area contributed by atoms with Gasteiger partial charge in [-0.3, -0.25) is 4.90 Å². The molecule has 0 saturated carbocycles. The van der Waals surface area contributed by atoms with Gasteiger partial charge in [0.15, 0.2) is 0 Å². The van der Waals surface area contributed by atoms with Gasteiger partial charge in [-0.15, -0.1) is 11.3 Å². The van der Waals surface area contributed by atoms with E-state index in [4.69, 9.17) is 5.73 Å². The Labute approximate surface area is 109 Å². The van der Waals surface area contributed by atoms with Gasteiger partial charge in [0.2, 0.25) is 0 Å². The molecular formula is C14H24N2S. The molecule has 2 unspecified atom stereocenters. The predicted molar refractivity (Wildman–Crippen MR) is 75.5 cm³/mol. The monoisotopic (exact) mass is 252 g/mol. The van der Waals surface area contributed by atoms with E-state index < -0.39 is 0 Å². The molecule has 2 rings (SSSR count). The van der Waals surface area contributed by atoms with E-state index in [9.17, 15) is 0 Å². The fourth-order valence-corrected chi connectivity index (χ4v) is 3.73. The summed E-state index contributed by atoms with van der Waals surface area (Å²) in [7, 11) is 0. The van der Waals surface area contributed by atoms with Crippen LogP contribution in [0.15, 0.2) is 11.4 Å². The number of nitrogens with two attached hydrogens (primary N) is 1. The van der Waals surface area contributed by atoms with E-state index >= 15 is 0 Å². The highest BCUT2D eigenvalue weighted by atomic mass is 32.1. The van der Waals surface area contributed by atoms with Crippen molar-refractivity contribution in [2.75, 3.05) is 19.6 Å². The third-order valence-corrected chi connectivity index (χ3v) is 4.85. The Hall–Kier alpha value is -0.380. The Morgan fingerprint density at radius 1 is 1.59 bits per heavy atom. The van der Waals surface area contributed by atoms with Gasteiger partial charge in [-0.25, -0.2) is 0 Å². The lowest BCUT2D eigenvalue weighted by molar-refractivity contribution is 0.169. The highest BCUT2D eigenvalue weighted by Crippen LogP contribution is 2.33. The molecule has 2 N–H and O–H groups in total. The summed E-state index contributed by atoms with van der Waals surface area (Å²) >= 11 is 1.92. The summed E-state index contributed by atoms with van der Waals surface area (Å²) in [6, 6.07) is 2.91. The predicted octanol–water partition coefficient (Wildman–Crippen LogP) is 3.04. The molecule has 0 spiro atoms. The van der Waals surface area contributed by atoms with E-state index in [0.29, 0.717) is 6.04 Å². The third-order valence-electron chi connectivity index (χ3n) is 3.85. The zero-order valence-corrected chi connectivity index (χ0v) is 11.8. The molecule has 0 aromatic carbocycles. The van der Waals surface area contributed by atoms with Crippen LogP contribution in [0, 0.1) is 5.92 Å². The Bertz CT molecular complexity index is 348. The third kappa shape index (κ3) is 3.09. The number of rotatable bonds is 5. The number of hydrogen-bond acceptors (Lipinski definition) is 3. The molecule has 2 nitrogen and oxygen atoms in total. The van der Waals surface area contributed by atoms with Gasteiger partial charge in [0.1, 0.15) is 0 Å². The Balaban J connectivity index is 1.91. The Morgan fingerprint density at radius 3 is 3.18 bits per heavy atom. The van der Waals surface area contributed by atoms with Crippen molar-refractivity contribution < 1.29 is 0 Å². The second-order valence-electron chi connectivity index (χ2n) is 5.26. The second-order valence-corrected chi connectivity index (χ2v) is 6.26. The van der Waals surface area contributed by atoms with Gasteiger partial charge in [0.05, 0.1) is 0 Å². The van der Waals surface area contributed by atoms with Gasteiger partial charge in [0.25, 0.3) is 0 Å². The Kier molecular flexibility index (Phi) is 4.60. The van der Waals surface area contributed by atoms with Crippen molar-refractivity contribution in [2.45, 2.75) is 39.2 Å². The first kappa shape index (κ1) is 13.1. The lowest BCUT2D eigenvalue weighted by Gasteiger charge is -2.35. The maximum Gasteiger partial charge on any atom is 0.0331 e. The van der Waals surface area contributed by atoms with Crippen molar-refractivity contribution in [1.29, 1.82) is 0 Å². The van der Waals surface area contributed by atoms with Crippen LogP contribution in [0.3, 0.4) is 0 Å². The largest absolute Gasteiger partial charge is 0.330 e. The first-order chi connectivity index (χ1) is 8.22. The minimum Gasteiger partial charge on any atom is -0.330 e. The van der Waals surface area contributed by atoms with Crippen molar-refractivity contribution >= 4 is 11.3 Å². The van der Waals surface area contributed by atoms with E-state index in [0.717, 1.165) is 18.9 Å². The smallest absolute Gasteiger partial charge is 0.0331 e. The van der Waals surface area contributed by atoms with Crippen LogP contribution in [0.4, 0.5) is 0 Å². The number of thiophene rings is 1. The van der Waals surface area contributed by atoms with E-state index in [2.05, 4.69) is 30.2 Å². The van der Waals surface area contributed by atoms with Gasteiger partial charge >= 0.3 is 0 Å². The van der Waals surface area contributed by atoms with Crippen molar-refractivity contribution in [3.63, 3.8) is 0 Å². The molecule has 0 radical (unpaired) electrons. The summed E-state index contributed by atoms with van der Waals surface area (Å²) in [5.41, 5.74) is 7.14. The molecule has 1 aromatic heterocycles. The molecule has 3 heteroatoms. The van der Waals surface area contributed by atoms with Crippen LogP contribution in [-0.2, 0) is 6.42 Å². The SMILES string of the molecule is CC(CCCN)CN1CCc2sccc2C1C. The maximum atomic E-state index is 5.57. The molecule has 1 aliphatic rings. The van der Waals surface area contributed by atoms with Crippen molar-refractivity contribution in [3.8, 4) is 0 Å². The normalized spacial score (nSPS) is 22.4. The quantitative estimate of drug-likeness (QED) is 0.873. The molecular weight excluding hydrogens is 228 g/mol.